The number of hydrogen-bond donors (Lipinski definition) is 1. The zero-order chi connectivity index (χ0) is 19.3. The fourth-order valence-corrected chi connectivity index (χ4v) is 3.13. The maximum atomic E-state index is 12.3. The third-order valence-electron chi connectivity index (χ3n) is 3.91. The molecule has 26 heavy (non-hydrogen) atoms. The zero-order valence-electron chi connectivity index (χ0n) is 15.4. The Hall–Kier alpha value is -2.38. The van der Waals surface area contributed by atoms with Crippen LogP contribution in [0.15, 0.2) is 53.4 Å². The molecule has 0 fully saturated rings. The highest BCUT2D eigenvalue weighted by Crippen LogP contribution is 2.18. The van der Waals surface area contributed by atoms with Gasteiger partial charge in [0.2, 0.25) is 10.0 Å². The molecule has 140 valence electrons. The zero-order valence-corrected chi connectivity index (χ0v) is 16.2. The average Bonchev–Trinajstić information content (AvgIpc) is 2.62. The normalized spacial score (nSPS) is 12.7. The van der Waals surface area contributed by atoms with E-state index in [0.717, 1.165) is 10.7 Å². The van der Waals surface area contributed by atoms with Crippen molar-refractivity contribution < 1.29 is 17.9 Å². The predicted molar refractivity (Wildman–Crippen MR) is 102 cm³/mol. The number of anilines is 1. The lowest BCUT2D eigenvalue weighted by Gasteiger charge is -2.15. The summed E-state index contributed by atoms with van der Waals surface area (Å²) in [5.41, 5.74) is 1.70. The minimum absolute atomic E-state index is 0.167. The van der Waals surface area contributed by atoms with E-state index in [4.69, 9.17) is 4.74 Å². The Morgan fingerprint density at radius 3 is 2.15 bits per heavy atom. The van der Waals surface area contributed by atoms with Gasteiger partial charge >= 0.3 is 0 Å². The number of ether oxygens (including phenoxy) is 1. The van der Waals surface area contributed by atoms with Crippen LogP contribution in [0.1, 0.15) is 19.4 Å². The maximum Gasteiger partial charge on any atom is 0.265 e. The van der Waals surface area contributed by atoms with Crippen LogP contribution in [-0.4, -0.2) is 38.8 Å². The van der Waals surface area contributed by atoms with Gasteiger partial charge in [0.05, 0.1) is 4.90 Å². The quantitative estimate of drug-likeness (QED) is 0.806. The number of rotatable bonds is 7. The summed E-state index contributed by atoms with van der Waals surface area (Å²) in [5, 5.41) is 2.72. The molecule has 0 spiro atoms. The van der Waals surface area contributed by atoms with E-state index in [2.05, 4.69) is 12.2 Å². The molecule has 2 aromatic carbocycles. The van der Waals surface area contributed by atoms with Gasteiger partial charge in [-0.05, 0) is 55.3 Å². The Kier molecular flexibility index (Phi) is 6.39. The van der Waals surface area contributed by atoms with E-state index in [-0.39, 0.29) is 10.8 Å². The van der Waals surface area contributed by atoms with Gasteiger partial charge in [-0.15, -0.1) is 0 Å². The van der Waals surface area contributed by atoms with Crippen LogP contribution in [0.5, 0.6) is 5.75 Å². The summed E-state index contributed by atoms with van der Waals surface area (Å²) in [6.45, 7) is 3.73. The molecule has 0 saturated carbocycles. The summed E-state index contributed by atoms with van der Waals surface area (Å²) < 4.78 is 30.9. The van der Waals surface area contributed by atoms with Gasteiger partial charge < -0.3 is 10.1 Å². The van der Waals surface area contributed by atoms with Gasteiger partial charge in [-0.1, -0.05) is 19.1 Å². The number of nitrogens with one attached hydrogen (secondary N) is 1. The van der Waals surface area contributed by atoms with Crippen molar-refractivity contribution in [2.45, 2.75) is 31.3 Å². The molecule has 0 aliphatic heterocycles. The Labute approximate surface area is 154 Å². The van der Waals surface area contributed by atoms with Crippen LogP contribution in [0.25, 0.3) is 0 Å². The number of aryl methyl sites for hydroxylation is 1. The van der Waals surface area contributed by atoms with E-state index in [0.29, 0.717) is 11.4 Å². The first-order valence-corrected chi connectivity index (χ1v) is 9.77. The van der Waals surface area contributed by atoms with Gasteiger partial charge in [-0.3, -0.25) is 4.79 Å². The molecule has 2 rings (SSSR count). The monoisotopic (exact) mass is 376 g/mol. The minimum atomic E-state index is -3.49. The van der Waals surface area contributed by atoms with Crippen LogP contribution in [0.2, 0.25) is 0 Å². The Morgan fingerprint density at radius 1 is 1.08 bits per heavy atom. The van der Waals surface area contributed by atoms with Gasteiger partial charge in [0, 0.05) is 19.8 Å². The topological polar surface area (TPSA) is 75.7 Å². The molecule has 1 atom stereocenters. The number of sulfonamides is 1. The molecule has 0 aliphatic carbocycles. The van der Waals surface area contributed by atoms with Crippen LogP contribution in [0, 0.1) is 0 Å². The number of carbonyl (C=O) groups excluding carboxylic acids is 1. The second-order valence-electron chi connectivity index (χ2n) is 6.06. The van der Waals surface area contributed by atoms with Gasteiger partial charge in [-0.2, -0.15) is 0 Å². The van der Waals surface area contributed by atoms with E-state index in [1.165, 1.54) is 31.8 Å². The molecular weight excluding hydrogens is 352 g/mol. The number of carbonyl (C=O) groups is 1. The van der Waals surface area contributed by atoms with Crippen molar-refractivity contribution in [3.05, 3.63) is 54.1 Å². The molecule has 0 heterocycles. The smallest absolute Gasteiger partial charge is 0.265 e. The Morgan fingerprint density at radius 2 is 1.65 bits per heavy atom. The van der Waals surface area contributed by atoms with E-state index in [1.54, 1.807) is 19.1 Å². The van der Waals surface area contributed by atoms with Crippen molar-refractivity contribution in [3.63, 3.8) is 0 Å². The largest absolute Gasteiger partial charge is 0.481 e. The molecule has 1 unspecified atom stereocenters. The van der Waals surface area contributed by atoms with Gasteiger partial charge in [0.15, 0.2) is 6.10 Å². The number of hydrogen-bond acceptors (Lipinski definition) is 4. The Balaban J connectivity index is 2.00. The number of benzene rings is 2. The molecule has 7 heteroatoms. The fraction of sp³-hybridized carbons (Fsp3) is 0.316. The average molecular weight is 376 g/mol. The third kappa shape index (κ3) is 4.83. The van der Waals surface area contributed by atoms with Crippen LogP contribution < -0.4 is 10.1 Å². The summed E-state index contributed by atoms with van der Waals surface area (Å²) in [6.07, 6.45) is 0.253. The number of amides is 1. The first-order chi connectivity index (χ1) is 12.2. The maximum absolute atomic E-state index is 12.3. The molecule has 1 N–H and O–H groups in total. The molecule has 2 aromatic rings. The van der Waals surface area contributed by atoms with Crippen LogP contribution in [0.3, 0.4) is 0 Å². The summed E-state index contributed by atoms with van der Waals surface area (Å²) in [6, 6.07) is 13.6. The van der Waals surface area contributed by atoms with E-state index in [9.17, 15) is 13.2 Å². The van der Waals surface area contributed by atoms with Gasteiger partial charge in [-0.25, -0.2) is 12.7 Å². The molecular formula is C19H24N2O4S. The molecule has 1 amide bonds. The minimum Gasteiger partial charge on any atom is -0.481 e. The van der Waals surface area contributed by atoms with Crippen LogP contribution in [0.4, 0.5) is 5.69 Å². The van der Waals surface area contributed by atoms with Crippen molar-refractivity contribution in [1.82, 2.24) is 4.31 Å². The van der Waals surface area contributed by atoms with Crippen molar-refractivity contribution >= 4 is 21.6 Å². The van der Waals surface area contributed by atoms with Crippen LogP contribution >= 0.6 is 0 Å². The van der Waals surface area contributed by atoms with Gasteiger partial charge in [0.25, 0.3) is 5.91 Å². The standard InChI is InChI=1S/C19H24N2O4S/c1-5-15-6-10-17(11-7-15)25-14(2)19(22)20-16-8-12-18(13-9-16)26(23,24)21(3)4/h6-14H,5H2,1-4H3,(H,20,22). The SMILES string of the molecule is CCc1ccc(OC(C)C(=O)Nc2ccc(S(=O)(=O)N(C)C)cc2)cc1. The summed E-state index contributed by atoms with van der Waals surface area (Å²) in [5.74, 6) is 0.310. The molecule has 0 bridgehead atoms. The van der Waals surface area contributed by atoms with E-state index in [1.807, 2.05) is 24.3 Å². The lowest BCUT2D eigenvalue weighted by molar-refractivity contribution is -0.122. The van der Waals surface area contributed by atoms with E-state index >= 15 is 0 Å². The first kappa shape index (κ1) is 19.9. The first-order valence-electron chi connectivity index (χ1n) is 8.33. The second-order valence-corrected chi connectivity index (χ2v) is 8.21. The fourth-order valence-electron chi connectivity index (χ4n) is 2.23. The molecule has 6 nitrogen and oxygen atoms in total. The second kappa shape index (κ2) is 8.33. The summed E-state index contributed by atoms with van der Waals surface area (Å²) >= 11 is 0. The molecule has 0 aliphatic rings. The summed E-state index contributed by atoms with van der Waals surface area (Å²) in [4.78, 5) is 12.4. The van der Waals surface area contributed by atoms with Crippen molar-refractivity contribution in [2.24, 2.45) is 0 Å². The van der Waals surface area contributed by atoms with Crippen molar-refractivity contribution in [3.8, 4) is 5.75 Å². The predicted octanol–water partition coefficient (Wildman–Crippen LogP) is 2.91. The lowest BCUT2D eigenvalue weighted by atomic mass is 10.2. The van der Waals surface area contributed by atoms with Crippen molar-refractivity contribution in [2.75, 3.05) is 19.4 Å². The molecule has 0 radical (unpaired) electrons. The van der Waals surface area contributed by atoms with E-state index < -0.39 is 16.1 Å². The highest BCUT2D eigenvalue weighted by Gasteiger charge is 2.18. The molecule has 0 aromatic heterocycles. The highest BCUT2D eigenvalue weighted by molar-refractivity contribution is 7.89. The lowest BCUT2D eigenvalue weighted by Crippen LogP contribution is -2.30. The van der Waals surface area contributed by atoms with Gasteiger partial charge in [0.1, 0.15) is 5.75 Å². The Bertz CT molecular complexity index is 844. The van der Waals surface area contributed by atoms with Crippen molar-refractivity contribution in [1.29, 1.82) is 0 Å². The summed E-state index contributed by atoms with van der Waals surface area (Å²) in [7, 11) is -0.550. The highest BCUT2D eigenvalue weighted by atomic mass is 32.2. The number of nitrogens with zero attached hydrogens (tertiary/aromatic N) is 1. The molecule has 0 saturated heterocycles. The van der Waals surface area contributed by atoms with Crippen LogP contribution in [-0.2, 0) is 21.2 Å². The third-order valence-corrected chi connectivity index (χ3v) is 5.74.